The predicted octanol–water partition coefficient (Wildman–Crippen LogP) is 3.99. The van der Waals surface area contributed by atoms with Gasteiger partial charge in [0, 0.05) is 19.2 Å². The molecule has 0 amide bonds. The lowest BCUT2D eigenvalue weighted by Gasteiger charge is -2.26. The smallest absolute Gasteiger partial charge is 0.0949 e. The van der Waals surface area contributed by atoms with Gasteiger partial charge in [-0.1, -0.05) is 49.1 Å². The zero-order valence-corrected chi connectivity index (χ0v) is 12.6. The van der Waals surface area contributed by atoms with Crippen LogP contribution in [0.3, 0.4) is 0 Å². The Morgan fingerprint density at radius 3 is 2.75 bits per heavy atom. The third-order valence-corrected chi connectivity index (χ3v) is 4.65. The second-order valence-corrected chi connectivity index (χ2v) is 6.54. The minimum Gasteiger partial charge on any atom is -0.372 e. The van der Waals surface area contributed by atoms with Crippen molar-refractivity contribution in [2.45, 2.75) is 57.6 Å². The fourth-order valence-electron chi connectivity index (χ4n) is 2.86. The summed E-state index contributed by atoms with van der Waals surface area (Å²) >= 11 is 0. The topological polar surface area (TPSA) is 21.3 Å². The van der Waals surface area contributed by atoms with Crippen LogP contribution in [0.25, 0.3) is 0 Å². The molecule has 1 aromatic rings. The molecule has 2 saturated carbocycles. The summed E-state index contributed by atoms with van der Waals surface area (Å²) in [6, 6.07) is 9.52. The molecule has 2 fully saturated rings. The predicted molar refractivity (Wildman–Crippen MR) is 82.9 cm³/mol. The van der Waals surface area contributed by atoms with Gasteiger partial charge < -0.3 is 10.1 Å². The summed E-state index contributed by atoms with van der Waals surface area (Å²) in [5, 5.41) is 3.62. The first kappa shape index (κ1) is 14.1. The molecule has 3 rings (SSSR count). The van der Waals surface area contributed by atoms with E-state index in [-0.39, 0.29) is 6.10 Å². The third-order valence-electron chi connectivity index (χ3n) is 4.65. The maximum absolute atomic E-state index is 6.21. The van der Waals surface area contributed by atoms with Crippen molar-refractivity contribution < 1.29 is 4.74 Å². The summed E-state index contributed by atoms with van der Waals surface area (Å²) in [6.45, 7) is 4.03. The van der Waals surface area contributed by atoms with Crippen molar-refractivity contribution in [1.29, 1.82) is 0 Å². The van der Waals surface area contributed by atoms with Crippen LogP contribution in [0.1, 0.15) is 55.8 Å². The molecule has 0 heterocycles. The van der Waals surface area contributed by atoms with E-state index in [0.717, 1.165) is 25.1 Å². The highest BCUT2D eigenvalue weighted by atomic mass is 16.5. The molecule has 2 aliphatic rings. The summed E-state index contributed by atoms with van der Waals surface area (Å²) < 4.78 is 6.21. The molecule has 1 N–H and O–H groups in total. The van der Waals surface area contributed by atoms with Crippen LogP contribution in [0, 0.1) is 12.8 Å². The minimum absolute atomic E-state index is 0.218. The lowest BCUT2D eigenvalue weighted by atomic mass is 9.83. The Morgan fingerprint density at radius 1 is 1.25 bits per heavy atom. The fraction of sp³-hybridized carbons (Fsp3) is 0.667. The first-order chi connectivity index (χ1) is 9.81. The molecule has 2 heteroatoms. The quantitative estimate of drug-likeness (QED) is 0.773. The molecule has 0 aliphatic heterocycles. The Morgan fingerprint density at radius 2 is 2.10 bits per heavy atom. The molecule has 20 heavy (non-hydrogen) atoms. The number of ether oxygens (including phenoxy) is 1. The first-order valence-electron chi connectivity index (χ1n) is 8.23. The van der Waals surface area contributed by atoms with Gasteiger partial charge in [0.2, 0.25) is 0 Å². The Hall–Kier alpha value is -0.860. The molecule has 0 radical (unpaired) electrons. The Balaban J connectivity index is 1.53. The van der Waals surface area contributed by atoms with Gasteiger partial charge in [-0.05, 0) is 37.7 Å². The van der Waals surface area contributed by atoms with E-state index in [1.54, 1.807) is 0 Å². The van der Waals surface area contributed by atoms with Gasteiger partial charge in [0.15, 0.2) is 0 Å². The van der Waals surface area contributed by atoms with Gasteiger partial charge in [-0.25, -0.2) is 0 Å². The third kappa shape index (κ3) is 4.07. The van der Waals surface area contributed by atoms with E-state index in [0.29, 0.717) is 0 Å². The van der Waals surface area contributed by atoms with Crippen molar-refractivity contribution >= 4 is 0 Å². The lowest BCUT2D eigenvalue weighted by molar-refractivity contribution is 0.0369. The van der Waals surface area contributed by atoms with Crippen LogP contribution >= 0.6 is 0 Å². The number of benzene rings is 1. The van der Waals surface area contributed by atoms with Gasteiger partial charge in [-0.15, -0.1) is 0 Å². The van der Waals surface area contributed by atoms with E-state index < -0.39 is 0 Å². The van der Waals surface area contributed by atoms with E-state index in [1.807, 2.05) is 0 Å². The monoisotopic (exact) mass is 273 g/mol. The number of nitrogens with one attached hydrogen (secondary N) is 1. The maximum atomic E-state index is 6.21. The van der Waals surface area contributed by atoms with Gasteiger partial charge >= 0.3 is 0 Å². The van der Waals surface area contributed by atoms with Crippen LogP contribution in [-0.4, -0.2) is 19.2 Å². The van der Waals surface area contributed by atoms with Gasteiger partial charge in [0.1, 0.15) is 0 Å². The van der Waals surface area contributed by atoms with Crippen molar-refractivity contribution in [3.8, 4) is 0 Å². The summed E-state index contributed by atoms with van der Waals surface area (Å²) in [4.78, 5) is 0. The van der Waals surface area contributed by atoms with Crippen LogP contribution in [0.15, 0.2) is 24.3 Å². The Labute approximate surface area is 122 Å². The second kappa shape index (κ2) is 6.73. The van der Waals surface area contributed by atoms with Crippen LogP contribution in [0.4, 0.5) is 0 Å². The van der Waals surface area contributed by atoms with Crippen LogP contribution in [0.5, 0.6) is 0 Å². The summed E-state index contributed by atoms with van der Waals surface area (Å²) in [5.74, 6) is 0.935. The Bertz CT molecular complexity index is 423. The first-order valence-corrected chi connectivity index (χ1v) is 8.23. The molecule has 0 bridgehead atoms. The van der Waals surface area contributed by atoms with Crippen molar-refractivity contribution in [2.75, 3.05) is 13.2 Å². The van der Waals surface area contributed by atoms with Crippen LogP contribution < -0.4 is 5.32 Å². The van der Waals surface area contributed by atoms with Crippen LogP contribution in [0.2, 0.25) is 0 Å². The number of hydrogen-bond acceptors (Lipinski definition) is 2. The highest BCUT2D eigenvalue weighted by Gasteiger charge is 2.23. The molecule has 2 aliphatic carbocycles. The zero-order valence-electron chi connectivity index (χ0n) is 12.6. The maximum Gasteiger partial charge on any atom is 0.0949 e. The standard InChI is InChI=1S/C18H27NO/c1-14-4-2-7-16(12-14)18(13-19-17-8-9-17)20-11-10-15-5-3-6-15/h2,4,7,12,15,17-19H,3,5-6,8-11,13H2,1H3. The Kier molecular flexibility index (Phi) is 4.74. The summed E-state index contributed by atoms with van der Waals surface area (Å²) in [5.41, 5.74) is 2.65. The summed E-state index contributed by atoms with van der Waals surface area (Å²) in [7, 11) is 0. The average Bonchev–Trinajstić information content (AvgIpc) is 3.20. The van der Waals surface area contributed by atoms with E-state index in [1.165, 1.54) is 49.7 Å². The van der Waals surface area contributed by atoms with Crippen LogP contribution in [-0.2, 0) is 4.74 Å². The number of hydrogen-bond donors (Lipinski definition) is 1. The molecule has 1 atom stereocenters. The molecular formula is C18H27NO. The fourth-order valence-corrected chi connectivity index (χ4v) is 2.86. The molecule has 110 valence electrons. The lowest BCUT2D eigenvalue weighted by Crippen LogP contribution is -2.26. The molecule has 0 spiro atoms. The highest BCUT2D eigenvalue weighted by Crippen LogP contribution is 2.30. The SMILES string of the molecule is Cc1cccc(C(CNC2CC2)OCCC2CCC2)c1. The zero-order chi connectivity index (χ0) is 13.8. The normalized spacial score (nSPS) is 20.6. The largest absolute Gasteiger partial charge is 0.372 e. The highest BCUT2D eigenvalue weighted by molar-refractivity contribution is 5.24. The molecule has 2 nitrogen and oxygen atoms in total. The minimum atomic E-state index is 0.218. The average molecular weight is 273 g/mol. The molecule has 0 aromatic heterocycles. The van der Waals surface area contributed by atoms with E-state index in [9.17, 15) is 0 Å². The van der Waals surface area contributed by atoms with Crippen molar-refractivity contribution in [3.63, 3.8) is 0 Å². The van der Waals surface area contributed by atoms with Gasteiger partial charge in [-0.3, -0.25) is 0 Å². The van der Waals surface area contributed by atoms with Gasteiger partial charge in [0.25, 0.3) is 0 Å². The number of aryl methyl sites for hydroxylation is 1. The molecular weight excluding hydrogens is 246 g/mol. The van der Waals surface area contributed by atoms with Crippen molar-refractivity contribution in [1.82, 2.24) is 5.32 Å². The molecule has 0 saturated heterocycles. The van der Waals surface area contributed by atoms with Gasteiger partial charge in [0.05, 0.1) is 6.10 Å². The van der Waals surface area contributed by atoms with E-state index in [2.05, 4.69) is 36.5 Å². The van der Waals surface area contributed by atoms with Crippen molar-refractivity contribution in [2.24, 2.45) is 5.92 Å². The molecule has 1 unspecified atom stereocenters. The van der Waals surface area contributed by atoms with E-state index in [4.69, 9.17) is 4.74 Å². The van der Waals surface area contributed by atoms with E-state index >= 15 is 0 Å². The van der Waals surface area contributed by atoms with Crippen molar-refractivity contribution in [3.05, 3.63) is 35.4 Å². The second-order valence-electron chi connectivity index (χ2n) is 6.54. The number of rotatable bonds is 8. The van der Waals surface area contributed by atoms with Gasteiger partial charge in [-0.2, -0.15) is 0 Å². The molecule has 1 aromatic carbocycles. The summed E-state index contributed by atoms with van der Waals surface area (Å²) in [6.07, 6.45) is 8.39.